The van der Waals surface area contributed by atoms with Crippen LogP contribution in [0.15, 0.2) is 132 Å². The van der Waals surface area contributed by atoms with Crippen molar-refractivity contribution < 1.29 is 4.42 Å². The van der Waals surface area contributed by atoms with Crippen LogP contribution >= 0.6 is 0 Å². The summed E-state index contributed by atoms with van der Waals surface area (Å²) in [6, 6.07) is 44.7. The fraction of sp³-hybridized carbons (Fsp3) is 0. The fourth-order valence-corrected chi connectivity index (χ4v) is 5.15. The highest BCUT2D eigenvalue weighted by Crippen LogP contribution is 2.46. The number of furan rings is 1. The predicted octanol–water partition coefficient (Wildman–Crippen LogP) is 8.86. The molecule has 34 heavy (non-hydrogen) atoms. The van der Waals surface area contributed by atoms with Gasteiger partial charge in [-0.2, -0.15) is 0 Å². The van der Waals surface area contributed by atoms with Gasteiger partial charge >= 0.3 is 0 Å². The van der Waals surface area contributed by atoms with E-state index >= 15 is 0 Å². The Morgan fingerprint density at radius 1 is 0.471 bits per heavy atom. The van der Waals surface area contributed by atoms with Crippen molar-refractivity contribution >= 4 is 32.8 Å². The molecule has 0 radical (unpaired) electrons. The van der Waals surface area contributed by atoms with Gasteiger partial charge in [0.2, 0.25) is 0 Å². The average molecular weight is 436 g/mol. The number of rotatable bonds is 3. The lowest BCUT2D eigenvalue weighted by Gasteiger charge is -2.13. The molecule has 0 spiro atoms. The molecule has 7 rings (SSSR count). The molecule has 0 saturated heterocycles. The van der Waals surface area contributed by atoms with Gasteiger partial charge in [0.15, 0.2) is 5.58 Å². The van der Waals surface area contributed by atoms with E-state index in [9.17, 15) is 0 Å². The standard InChI is InChI=1S/C32H21NO/c1-4-12-22(13-5-1)29-27-21-20-26-25-18-10-11-19-28(25)34-32(26)31(27)33(24-16-8-3-9-17-24)30(29)23-14-6-2-7-15-23/h1-21H. The number of para-hydroxylation sites is 2. The van der Waals surface area contributed by atoms with Crippen LogP contribution in [-0.2, 0) is 0 Å². The highest BCUT2D eigenvalue weighted by atomic mass is 16.3. The summed E-state index contributed by atoms with van der Waals surface area (Å²) in [6.45, 7) is 0. The summed E-state index contributed by atoms with van der Waals surface area (Å²) < 4.78 is 8.92. The molecule has 2 heteroatoms. The summed E-state index contributed by atoms with van der Waals surface area (Å²) in [5, 5.41) is 3.46. The number of fused-ring (bicyclic) bond motifs is 5. The number of nitrogens with zero attached hydrogens (tertiary/aromatic N) is 1. The maximum Gasteiger partial charge on any atom is 0.160 e. The van der Waals surface area contributed by atoms with E-state index in [1.165, 1.54) is 27.8 Å². The molecule has 0 amide bonds. The van der Waals surface area contributed by atoms with Gasteiger partial charge in [-0.25, -0.2) is 0 Å². The van der Waals surface area contributed by atoms with Crippen molar-refractivity contribution in [3.63, 3.8) is 0 Å². The zero-order valence-corrected chi connectivity index (χ0v) is 18.5. The Hall–Kier alpha value is -4.56. The molecule has 2 aromatic heterocycles. The molecule has 0 aliphatic heterocycles. The SMILES string of the molecule is c1ccc(-c2c(-c3ccccc3)n(-c3ccccc3)c3c2ccc2c4ccccc4oc23)cc1. The summed E-state index contributed by atoms with van der Waals surface area (Å²) in [5.41, 5.74) is 8.78. The highest BCUT2D eigenvalue weighted by molar-refractivity contribution is 6.19. The second kappa shape index (κ2) is 7.50. The van der Waals surface area contributed by atoms with E-state index in [-0.39, 0.29) is 0 Å². The molecule has 7 aromatic rings. The lowest BCUT2D eigenvalue weighted by molar-refractivity contribution is 0.671. The van der Waals surface area contributed by atoms with Crippen LogP contribution < -0.4 is 0 Å². The van der Waals surface area contributed by atoms with Crippen molar-refractivity contribution in [1.29, 1.82) is 0 Å². The molecule has 5 aromatic carbocycles. The maximum absolute atomic E-state index is 6.55. The first-order chi connectivity index (χ1) is 16.9. The Morgan fingerprint density at radius 2 is 1.06 bits per heavy atom. The van der Waals surface area contributed by atoms with E-state index in [4.69, 9.17) is 4.42 Å². The van der Waals surface area contributed by atoms with Gasteiger partial charge in [0.05, 0.1) is 11.2 Å². The Morgan fingerprint density at radius 3 is 1.79 bits per heavy atom. The lowest BCUT2D eigenvalue weighted by Crippen LogP contribution is -1.97. The molecule has 0 aliphatic carbocycles. The number of hydrogen-bond acceptors (Lipinski definition) is 1. The molecule has 0 aliphatic rings. The van der Waals surface area contributed by atoms with Crippen LogP contribution in [0.1, 0.15) is 0 Å². The number of benzene rings is 5. The Bertz CT molecular complexity index is 1780. The van der Waals surface area contributed by atoms with E-state index in [0.29, 0.717) is 0 Å². The monoisotopic (exact) mass is 435 g/mol. The van der Waals surface area contributed by atoms with Crippen LogP contribution in [-0.4, -0.2) is 4.57 Å². The van der Waals surface area contributed by atoms with Crippen LogP contribution in [0.4, 0.5) is 0 Å². The van der Waals surface area contributed by atoms with Crippen molar-refractivity contribution in [2.24, 2.45) is 0 Å². The third kappa shape index (κ3) is 2.76. The van der Waals surface area contributed by atoms with Gasteiger partial charge in [-0.1, -0.05) is 103 Å². The molecule has 0 unspecified atom stereocenters. The van der Waals surface area contributed by atoms with Crippen molar-refractivity contribution in [3.8, 4) is 28.1 Å². The second-order valence-corrected chi connectivity index (χ2v) is 8.56. The molecule has 0 bridgehead atoms. The minimum Gasteiger partial charge on any atom is -0.454 e. The van der Waals surface area contributed by atoms with Crippen LogP contribution in [0.2, 0.25) is 0 Å². The molecular weight excluding hydrogens is 414 g/mol. The smallest absolute Gasteiger partial charge is 0.160 e. The highest BCUT2D eigenvalue weighted by Gasteiger charge is 2.24. The number of aromatic nitrogens is 1. The normalized spacial score (nSPS) is 11.5. The lowest BCUT2D eigenvalue weighted by atomic mass is 9.98. The quantitative estimate of drug-likeness (QED) is 0.271. The molecule has 0 saturated carbocycles. The zero-order valence-electron chi connectivity index (χ0n) is 18.5. The van der Waals surface area contributed by atoms with Crippen molar-refractivity contribution in [1.82, 2.24) is 4.57 Å². The van der Waals surface area contributed by atoms with Gasteiger partial charge in [0.25, 0.3) is 0 Å². The maximum atomic E-state index is 6.55. The van der Waals surface area contributed by atoms with E-state index in [1.54, 1.807) is 0 Å². The molecule has 0 N–H and O–H groups in total. The van der Waals surface area contributed by atoms with Crippen molar-refractivity contribution in [2.45, 2.75) is 0 Å². The summed E-state index contributed by atoms with van der Waals surface area (Å²) >= 11 is 0. The largest absolute Gasteiger partial charge is 0.454 e. The molecule has 2 heterocycles. The Kier molecular flexibility index (Phi) is 4.18. The minimum atomic E-state index is 0.910. The van der Waals surface area contributed by atoms with E-state index in [1.807, 2.05) is 12.1 Å². The first kappa shape index (κ1) is 19.0. The summed E-state index contributed by atoms with van der Waals surface area (Å²) in [7, 11) is 0. The summed E-state index contributed by atoms with van der Waals surface area (Å²) in [5.74, 6) is 0. The molecule has 0 fully saturated rings. The van der Waals surface area contributed by atoms with Crippen molar-refractivity contribution in [3.05, 3.63) is 127 Å². The minimum absolute atomic E-state index is 0.910. The van der Waals surface area contributed by atoms with Crippen LogP contribution in [0, 0.1) is 0 Å². The van der Waals surface area contributed by atoms with E-state index in [2.05, 4.69) is 120 Å². The average Bonchev–Trinajstić information content (AvgIpc) is 3.46. The molecule has 0 atom stereocenters. The molecular formula is C32H21NO. The van der Waals surface area contributed by atoms with Gasteiger partial charge in [-0.3, -0.25) is 0 Å². The van der Waals surface area contributed by atoms with Gasteiger partial charge < -0.3 is 8.98 Å². The van der Waals surface area contributed by atoms with Gasteiger partial charge in [0.1, 0.15) is 5.58 Å². The van der Waals surface area contributed by atoms with Gasteiger partial charge in [-0.15, -0.1) is 0 Å². The number of hydrogen-bond donors (Lipinski definition) is 0. The third-order valence-corrected chi connectivity index (χ3v) is 6.60. The van der Waals surface area contributed by atoms with Crippen LogP contribution in [0.5, 0.6) is 0 Å². The Balaban J connectivity index is 1.75. The predicted molar refractivity (Wildman–Crippen MR) is 141 cm³/mol. The van der Waals surface area contributed by atoms with Crippen molar-refractivity contribution in [2.75, 3.05) is 0 Å². The van der Waals surface area contributed by atoms with Crippen LogP contribution in [0.3, 0.4) is 0 Å². The first-order valence-electron chi connectivity index (χ1n) is 11.5. The molecule has 160 valence electrons. The third-order valence-electron chi connectivity index (χ3n) is 6.60. The summed E-state index contributed by atoms with van der Waals surface area (Å²) in [6.07, 6.45) is 0. The van der Waals surface area contributed by atoms with E-state index < -0.39 is 0 Å². The summed E-state index contributed by atoms with van der Waals surface area (Å²) in [4.78, 5) is 0. The Labute approximate surface area is 197 Å². The van der Waals surface area contributed by atoms with E-state index in [0.717, 1.165) is 33.1 Å². The zero-order chi connectivity index (χ0) is 22.5. The molecule has 2 nitrogen and oxygen atoms in total. The fourth-order valence-electron chi connectivity index (χ4n) is 5.15. The topological polar surface area (TPSA) is 18.1 Å². The van der Waals surface area contributed by atoms with Gasteiger partial charge in [0, 0.05) is 27.4 Å². The van der Waals surface area contributed by atoms with Crippen LogP contribution in [0.25, 0.3) is 60.9 Å². The first-order valence-corrected chi connectivity index (χ1v) is 11.5. The second-order valence-electron chi connectivity index (χ2n) is 8.56. The van der Waals surface area contributed by atoms with Gasteiger partial charge in [-0.05, 0) is 35.4 Å².